The summed E-state index contributed by atoms with van der Waals surface area (Å²) in [6.07, 6.45) is -3.43. The molecule has 0 atom stereocenters. The first kappa shape index (κ1) is 22.4. The number of benzene rings is 2. The number of rotatable bonds is 5. The Morgan fingerprint density at radius 3 is 2.48 bits per heavy atom. The highest BCUT2D eigenvalue weighted by molar-refractivity contribution is 8.14. The molecule has 7 nitrogen and oxygen atoms in total. The molecule has 1 heterocycles. The lowest BCUT2D eigenvalue weighted by molar-refractivity contribution is -0.645. The van der Waals surface area contributed by atoms with E-state index >= 15 is 0 Å². The Bertz CT molecular complexity index is 1170. The van der Waals surface area contributed by atoms with Gasteiger partial charge in [0, 0.05) is 30.0 Å². The Balaban J connectivity index is 1.92. The number of carbonyl (C=O) groups excluding carboxylic acids is 1. The van der Waals surface area contributed by atoms with Gasteiger partial charge in [0.25, 0.3) is 10.7 Å². The van der Waals surface area contributed by atoms with Crippen LogP contribution in [0.1, 0.15) is 15.9 Å². The molecule has 0 aliphatic rings. The van der Waals surface area contributed by atoms with Crippen LogP contribution in [0.4, 0.5) is 18.9 Å². The topological polar surface area (TPSA) is 96.4 Å². The molecule has 0 saturated heterocycles. The van der Waals surface area contributed by atoms with Gasteiger partial charge >= 0.3 is 6.18 Å². The maximum Gasteiger partial charge on any atom is 0.416 e. The van der Waals surface area contributed by atoms with Crippen molar-refractivity contribution >= 4 is 34.2 Å². The third kappa shape index (κ3) is 5.25. The normalized spacial score (nSPS) is 11.2. The van der Waals surface area contributed by atoms with E-state index < -0.39 is 27.5 Å². The average Bonchev–Trinajstić information content (AvgIpc) is 2.70. The summed E-state index contributed by atoms with van der Waals surface area (Å²) >= 11 is 6.33. The molecule has 1 aromatic heterocycles. The van der Waals surface area contributed by atoms with Gasteiger partial charge in [-0.05, 0) is 36.4 Å². The number of thioether (sulfide) groups is 1. The van der Waals surface area contributed by atoms with Gasteiger partial charge < -0.3 is 9.94 Å². The molecule has 0 N–H and O–H groups in total. The number of carbonyl (C=O) groups is 1. The molecule has 2 aromatic carbocycles. The number of aromatic nitrogens is 1. The summed E-state index contributed by atoms with van der Waals surface area (Å²) in [5.74, 6) is -0.214. The highest BCUT2D eigenvalue weighted by Gasteiger charge is 2.31. The van der Waals surface area contributed by atoms with E-state index in [1.165, 1.54) is 24.3 Å². The maximum atomic E-state index is 12.8. The van der Waals surface area contributed by atoms with E-state index in [4.69, 9.17) is 16.3 Å². The lowest BCUT2D eigenvalue weighted by atomic mass is 10.2. The molecule has 0 unspecified atom stereocenters. The van der Waals surface area contributed by atoms with E-state index in [2.05, 4.69) is 0 Å². The van der Waals surface area contributed by atoms with Gasteiger partial charge in [0.05, 0.1) is 15.5 Å². The van der Waals surface area contributed by atoms with Gasteiger partial charge in [-0.1, -0.05) is 11.6 Å². The molecule has 160 valence electrons. The summed E-state index contributed by atoms with van der Waals surface area (Å²) in [5.41, 5.74) is -1.87. The minimum Gasteiger partial charge on any atom is -0.618 e. The minimum atomic E-state index is -4.60. The van der Waals surface area contributed by atoms with Gasteiger partial charge in [0.2, 0.25) is 5.12 Å². The molecule has 0 fully saturated rings. The van der Waals surface area contributed by atoms with E-state index in [0.29, 0.717) is 22.6 Å². The van der Waals surface area contributed by atoms with Crippen molar-refractivity contribution in [1.29, 1.82) is 0 Å². The number of hydrogen-bond donors (Lipinski definition) is 0. The molecular weight excluding hydrogens is 461 g/mol. The smallest absolute Gasteiger partial charge is 0.416 e. The van der Waals surface area contributed by atoms with Crippen molar-refractivity contribution in [2.45, 2.75) is 11.2 Å². The fourth-order valence-electron chi connectivity index (χ4n) is 2.43. The molecule has 0 radical (unpaired) electrons. The Hall–Kier alpha value is -3.31. The summed E-state index contributed by atoms with van der Waals surface area (Å²) in [4.78, 5) is 23.1. The number of nitrogens with zero attached hydrogens (tertiary/aromatic N) is 2. The second kappa shape index (κ2) is 8.82. The predicted octanol–water partition coefficient (Wildman–Crippen LogP) is 5.63. The molecule has 3 aromatic rings. The molecule has 12 heteroatoms. The highest BCUT2D eigenvalue weighted by atomic mass is 35.5. The third-order valence-corrected chi connectivity index (χ3v) is 5.08. The standard InChI is InChI=1S/C19H10ClF3N2O5S/c20-14-9-11(19(21,22)23)4-7-16(14)30-12-5-6-15(25(28)29)13(10-12)18(26)31-17-3-1-2-8-24(17)27/h1-10H. The predicted molar refractivity (Wildman–Crippen MR) is 105 cm³/mol. The van der Waals surface area contributed by atoms with Gasteiger partial charge in [-0.15, -0.1) is 0 Å². The lowest BCUT2D eigenvalue weighted by Gasteiger charge is -2.12. The van der Waals surface area contributed by atoms with E-state index in [9.17, 15) is 33.3 Å². The highest BCUT2D eigenvalue weighted by Crippen LogP contribution is 2.37. The second-order valence-electron chi connectivity index (χ2n) is 5.94. The van der Waals surface area contributed by atoms with Crippen molar-refractivity contribution in [2.24, 2.45) is 0 Å². The molecule has 0 bridgehead atoms. The van der Waals surface area contributed by atoms with Crippen molar-refractivity contribution in [1.82, 2.24) is 0 Å². The first-order valence-electron chi connectivity index (χ1n) is 8.29. The summed E-state index contributed by atoms with van der Waals surface area (Å²) in [5, 5.41) is 21.9. The zero-order chi connectivity index (χ0) is 22.8. The largest absolute Gasteiger partial charge is 0.618 e. The van der Waals surface area contributed by atoms with E-state index in [0.717, 1.165) is 30.5 Å². The first-order valence-corrected chi connectivity index (χ1v) is 9.49. The molecule has 0 aliphatic heterocycles. The fraction of sp³-hybridized carbons (Fsp3) is 0.0526. The number of hydrogen-bond acceptors (Lipinski definition) is 6. The van der Waals surface area contributed by atoms with Crippen LogP contribution in [0.2, 0.25) is 5.02 Å². The number of alkyl halides is 3. The van der Waals surface area contributed by atoms with Crippen LogP contribution in [-0.4, -0.2) is 10.0 Å². The Labute approximate surface area is 181 Å². The van der Waals surface area contributed by atoms with Crippen LogP contribution < -0.4 is 9.47 Å². The Morgan fingerprint density at radius 1 is 1.13 bits per heavy atom. The monoisotopic (exact) mass is 470 g/mol. The lowest BCUT2D eigenvalue weighted by Crippen LogP contribution is -2.28. The van der Waals surface area contributed by atoms with Gasteiger partial charge in [0.1, 0.15) is 17.1 Å². The molecule has 0 aliphatic carbocycles. The summed E-state index contributed by atoms with van der Waals surface area (Å²) in [6.45, 7) is 0. The van der Waals surface area contributed by atoms with Crippen molar-refractivity contribution < 1.29 is 32.4 Å². The van der Waals surface area contributed by atoms with Crippen molar-refractivity contribution in [3.8, 4) is 11.5 Å². The van der Waals surface area contributed by atoms with E-state index in [-0.39, 0.29) is 27.1 Å². The van der Waals surface area contributed by atoms with Crippen LogP contribution in [0, 0.1) is 15.3 Å². The fourth-order valence-corrected chi connectivity index (χ4v) is 3.41. The quantitative estimate of drug-likeness (QED) is 0.158. The van der Waals surface area contributed by atoms with Gasteiger partial charge in [-0.3, -0.25) is 14.9 Å². The summed E-state index contributed by atoms with van der Waals surface area (Å²) in [7, 11) is 0. The van der Waals surface area contributed by atoms with Crippen molar-refractivity contribution in [3.63, 3.8) is 0 Å². The van der Waals surface area contributed by atoms with E-state index in [1.54, 1.807) is 0 Å². The third-order valence-electron chi connectivity index (χ3n) is 3.86. The molecule has 0 spiro atoms. The number of nitro groups is 1. The van der Waals surface area contributed by atoms with Crippen LogP contribution in [0.25, 0.3) is 0 Å². The van der Waals surface area contributed by atoms with Crippen molar-refractivity contribution in [2.75, 3.05) is 0 Å². The van der Waals surface area contributed by atoms with Crippen LogP contribution in [0.15, 0.2) is 65.8 Å². The van der Waals surface area contributed by atoms with E-state index in [1.807, 2.05) is 0 Å². The van der Waals surface area contributed by atoms with Crippen molar-refractivity contribution in [3.05, 3.63) is 92.3 Å². The zero-order valence-corrected chi connectivity index (χ0v) is 16.7. The van der Waals surface area contributed by atoms with Gasteiger partial charge in [-0.2, -0.15) is 17.9 Å². The maximum absolute atomic E-state index is 12.8. The number of pyridine rings is 1. The number of halogens is 4. The minimum absolute atomic E-state index is 0.00102. The summed E-state index contributed by atoms with van der Waals surface area (Å²) in [6, 6.07) is 10.00. The number of nitro benzene ring substituents is 1. The molecule has 3 rings (SSSR count). The van der Waals surface area contributed by atoms with Crippen LogP contribution in [-0.2, 0) is 6.18 Å². The SMILES string of the molecule is O=C(Sc1cccc[n+]1[O-])c1cc(Oc2ccc(C(F)(F)F)cc2Cl)ccc1[N+](=O)[O-]. The Kier molecular flexibility index (Phi) is 6.37. The molecule has 31 heavy (non-hydrogen) atoms. The Morgan fingerprint density at radius 2 is 1.87 bits per heavy atom. The zero-order valence-electron chi connectivity index (χ0n) is 15.1. The van der Waals surface area contributed by atoms with Crippen LogP contribution >= 0.6 is 23.4 Å². The number of ether oxygens (including phenoxy) is 1. The van der Waals surface area contributed by atoms with Crippen LogP contribution in [0.3, 0.4) is 0 Å². The summed E-state index contributed by atoms with van der Waals surface area (Å²) < 4.78 is 44.2. The first-order chi connectivity index (χ1) is 14.6. The average molecular weight is 471 g/mol. The van der Waals surface area contributed by atoms with Crippen LogP contribution in [0.5, 0.6) is 11.5 Å². The molecular formula is C19H10ClF3N2O5S. The molecule has 0 saturated carbocycles. The molecule has 0 amide bonds. The van der Waals surface area contributed by atoms with Gasteiger partial charge in [0.15, 0.2) is 6.20 Å². The second-order valence-corrected chi connectivity index (χ2v) is 7.34. The van der Waals surface area contributed by atoms with Gasteiger partial charge in [-0.25, -0.2) is 0 Å².